The number of hydrogen-bond donors (Lipinski definition) is 0. The van der Waals surface area contributed by atoms with Gasteiger partial charge in [-0.15, -0.1) is 0 Å². The van der Waals surface area contributed by atoms with Gasteiger partial charge in [-0.1, -0.05) is 24.2 Å². The third-order valence-electron chi connectivity index (χ3n) is 4.57. The van der Waals surface area contributed by atoms with Gasteiger partial charge in [-0.05, 0) is 24.6 Å². The van der Waals surface area contributed by atoms with Crippen molar-refractivity contribution in [3.8, 4) is 6.07 Å². The summed E-state index contributed by atoms with van der Waals surface area (Å²) in [6.07, 6.45) is 0.797. The lowest BCUT2D eigenvalue weighted by atomic mass is 10.1. The molecule has 1 aromatic carbocycles. The number of hydrogen-bond acceptors (Lipinski definition) is 6. The van der Waals surface area contributed by atoms with Crippen molar-refractivity contribution in [2.45, 2.75) is 32.9 Å². The molecule has 0 saturated carbocycles. The van der Waals surface area contributed by atoms with Crippen molar-refractivity contribution in [3.63, 3.8) is 0 Å². The lowest BCUT2D eigenvalue weighted by Gasteiger charge is -2.36. The fourth-order valence-electron chi connectivity index (χ4n) is 3.04. The highest BCUT2D eigenvalue weighted by Gasteiger charge is 2.25. The molecule has 126 valence electrons. The molecule has 1 fully saturated rings. The highest BCUT2D eigenvalue weighted by atomic mass is 16.5. The van der Waals surface area contributed by atoms with Crippen LogP contribution in [-0.2, 0) is 13.0 Å². The summed E-state index contributed by atoms with van der Waals surface area (Å²) in [7, 11) is 0. The Kier molecular flexibility index (Phi) is 5.24. The van der Waals surface area contributed by atoms with Gasteiger partial charge in [-0.3, -0.25) is 9.80 Å². The van der Waals surface area contributed by atoms with E-state index in [0.717, 1.165) is 50.5 Å². The molecule has 3 rings (SSSR count). The number of aryl methyl sites for hydroxylation is 1. The third-order valence-corrected chi connectivity index (χ3v) is 4.57. The van der Waals surface area contributed by atoms with E-state index in [1.807, 2.05) is 25.1 Å². The van der Waals surface area contributed by atoms with Gasteiger partial charge in [-0.25, -0.2) is 0 Å². The molecule has 0 radical (unpaired) electrons. The molecule has 2 aromatic rings. The van der Waals surface area contributed by atoms with E-state index in [1.54, 1.807) is 0 Å². The van der Waals surface area contributed by atoms with Gasteiger partial charge in [0, 0.05) is 39.1 Å². The molecule has 2 heterocycles. The van der Waals surface area contributed by atoms with Crippen LogP contribution in [0.1, 0.15) is 42.7 Å². The van der Waals surface area contributed by atoms with Gasteiger partial charge < -0.3 is 4.52 Å². The van der Waals surface area contributed by atoms with Gasteiger partial charge in [0.1, 0.15) is 0 Å². The van der Waals surface area contributed by atoms with E-state index in [2.05, 4.69) is 39.0 Å². The van der Waals surface area contributed by atoms with Crippen molar-refractivity contribution in [1.29, 1.82) is 5.26 Å². The first kappa shape index (κ1) is 16.6. The van der Waals surface area contributed by atoms with Crippen molar-refractivity contribution in [2.75, 3.05) is 26.2 Å². The molecule has 6 nitrogen and oxygen atoms in total. The number of piperazine rings is 1. The highest BCUT2D eigenvalue weighted by Crippen LogP contribution is 2.21. The summed E-state index contributed by atoms with van der Waals surface area (Å²) in [4.78, 5) is 9.25. The molecule has 6 heteroatoms. The largest absolute Gasteiger partial charge is 0.338 e. The molecule has 0 amide bonds. The summed E-state index contributed by atoms with van der Waals surface area (Å²) < 4.78 is 5.37. The highest BCUT2D eigenvalue weighted by molar-refractivity contribution is 5.32. The van der Waals surface area contributed by atoms with Crippen LogP contribution in [0.25, 0.3) is 0 Å². The molecule has 0 N–H and O–H groups in total. The summed E-state index contributed by atoms with van der Waals surface area (Å²) in [6.45, 7) is 8.98. The third kappa shape index (κ3) is 3.81. The molecule has 1 aromatic heterocycles. The average molecular weight is 325 g/mol. The Morgan fingerprint density at radius 1 is 1.29 bits per heavy atom. The monoisotopic (exact) mass is 325 g/mol. The lowest BCUT2D eigenvalue weighted by Crippen LogP contribution is -2.46. The molecule has 0 aliphatic carbocycles. The number of aromatic nitrogens is 2. The summed E-state index contributed by atoms with van der Waals surface area (Å²) in [6, 6.07) is 10.2. The first-order valence-electron chi connectivity index (χ1n) is 8.47. The Labute approximate surface area is 142 Å². The average Bonchev–Trinajstić information content (AvgIpc) is 3.11. The molecule has 1 atom stereocenters. The summed E-state index contributed by atoms with van der Waals surface area (Å²) in [5, 5.41) is 13.0. The Morgan fingerprint density at radius 2 is 2.08 bits per heavy atom. The van der Waals surface area contributed by atoms with Crippen molar-refractivity contribution in [2.24, 2.45) is 0 Å². The molecule has 0 bridgehead atoms. The molecule has 1 aliphatic heterocycles. The van der Waals surface area contributed by atoms with Crippen molar-refractivity contribution >= 4 is 0 Å². The maximum Gasteiger partial charge on any atom is 0.243 e. The van der Waals surface area contributed by atoms with E-state index in [9.17, 15) is 0 Å². The van der Waals surface area contributed by atoms with Crippen LogP contribution in [0.15, 0.2) is 28.8 Å². The van der Waals surface area contributed by atoms with Crippen molar-refractivity contribution in [1.82, 2.24) is 19.9 Å². The van der Waals surface area contributed by atoms with E-state index in [0.29, 0.717) is 5.89 Å². The van der Waals surface area contributed by atoms with Gasteiger partial charge in [0.15, 0.2) is 5.82 Å². The van der Waals surface area contributed by atoms with Gasteiger partial charge in [-0.2, -0.15) is 10.2 Å². The lowest BCUT2D eigenvalue weighted by molar-refractivity contribution is 0.0845. The van der Waals surface area contributed by atoms with Crippen molar-refractivity contribution < 1.29 is 4.52 Å². The van der Waals surface area contributed by atoms with Crippen LogP contribution in [0, 0.1) is 11.3 Å². The quantitative estimate of drug-likeness (QED) is 0.841. The topological polar surface area (TPSA) is 69.2 Å². The molecule has 0 spiro atoms. The van der Waals surface area contributed by atoms with Gasteiger partial charge in [0.25, 0.3) is 0 Å². The van der Waals surface area contributed by atoms with Crippen LogP contribution >= 0.6 is 0 Å². The van der Waals surface area contributed by atoms with Gasteiger partial charge in [0.05, 0.1) is 17.7 Å². The van der Waals surface area contributed by atoms with Gasteiger partial charge in [0.2, 0.25) is 5.89 Å². The smallest absolute Gasteiger partial charge is 0.243 e. The Balaban J connectivity index is 1.54. The predicted molar refractivity (Wildman–Crippen MR) is 90.1 cm³/mol. The minimum absolute atomic E-state index is 0.155. The first-order valence-corrected chi connectivity index (χ1v) is 8.47. The van der Waals surface area contributed by atoms with Crippen LogP contribution in [0.2, 0.25) is 0 Å². The maximum atomic E-state index is 9.00. The SMILES string of the molecule is CCc1noc([C@@H](C)N2CCN(Cc3cccc(C#N)c3)CC2)n1. The van der Waals surface area contributed by atoms with Crippen LogP contribution in [0.4, 0.5) is 0 Å². The Morgan fingerprint density at radius 3 is 2.75 bits per heavy atom. The number of nitrogens with zero attached hydrogens (tertiary/aromatic N) is 5. The molecular formula is C18H23N5O. The number of benzene rings is 1. The fraction of sp³-hybridized carbons (Fsp3) is 0.500. The first-order chi connectivity index (χ1) is 11.7. The summed E-state index contributed by atoms with van der Waals surface area (Å²) >= 11 is 0. The van der Waals surface area contributed by atoms with Crippen molar-refractivity contribution in [3.05, 3.63) is 47.1 Å². The van der Waals surface area contributed by atoms with E-state index < -0.39 is 0 Å². The fourth-order valence-corrected chi connectivity index (χ4v) is 3.04. The standard InChI is InChI=1S/C18H23N5O/c1-3-17-20-18(24-21-17)14(2)23-9-7-22(8-10-23)13-16-6-4-5-15(11-16)12-19/h4-6,11,14H,3,7-10,13H2,1-2H3/t14-/m1/s1. The van der Waals surface area contributed by atoms with E-state index >= 15 is 0 Å². The Hall–Kier alpha value is -2.23. The molecule has 0 unspecified atom stereocenters. The molecular weight excluding hydrogens is 302 g/mol. The second-order valence-electron chi connectivity index (χ2n) is 6.20. The maximum absolute atomic E-state index is 9.00. The van der Waals surface area contributed by atoms with Crippen LogP contribution < -0.4 is 0 Å². The molecule has 24 heavy (non-hydrogen) atoms. The zero-order chi connectivity index (χ0) is 16.9. The second-order valence-corrected chi connectivity index (χ2v) is 6.20. The van der Waals surface area contributed by atoms with Crippen LogP contribution in [0.3, 0.4) is 0 Å². The second kappa shape index (κ2) is 7.56. The molecule has 1 saturated heterocycles. The predicted octanol–water partition coefficient (Wildman–Crippen LogP) is 2.38. The van der Waals surface area contributed by atoms with Crippen LogP contribution in [0.5, 0.6) is 0 Å². The van der Waals surface area contributed by atoms with E-state index in [1.165, 1.54) is 5.56 Å². The number of rotatable bonds is 5. The zero-order valence-electron chi connectivity index (χ0n) is 14.3. The molecule has 1 aliphatic rings. The van der Waals surface area contributed by atoms with Crippen LogP contribution in [-0.4, -0.2) is 46.1 Å². The normalized spacial score (nSPS) is 17.5. The van der Waals surface area contributed by atoms with E-state index in [4.69, 9.17) is 9.78 Å². The summed E-state index contributed by atoms with van der Waals surface area (Å²) in [5.41, 5.74) is 1.92. The number of nitriles is 1. The minimum Gasteiger partial charge on any atom is -0.338 e. The Bertz CT molecular complexity index is 712. The zero-order valence-corrected chi connectivity index (χ0v) is 14.3. The van der Waals surface area contributed by atoms with Gasteiger partial charge >= 0.3 is 0 Å². The minimum atomic E-state index is 0.155. The van der Waals surface area contributed by atoms with E-state index in [-0.39, 0.29) is 6.04 Å². The summed E-state index contributed by atoms with van der Waals surface area (Å²) in [5.74, 6) is 1.48.